The Bertz CT molecular complexity index is 1230. The highest BCUT2D eigenvalue weighted by Gasteiger charge is 2.17. The van der Waals surface area contributed by atoms with Gasteiger partial charge in [-0.25, -0.2) is 0 Å². The Labute approximate surface area is 207 Å². The molecule has 9 nitrogen and oxygen atoms in total. The lowest BCUT2D eigenvalue weighted by Crippen LogP contribution is -2.19. The van der Waals surface area contributed by atoms with Crippen molar-refractivity contribution in [3.63, 3.8) is 0 Å². The van der Waals surface area contributed by atoms with Gasteiger partial charge in [-0.15, -0.1) is 0 Å². The fourth-order valence-electron chi connectivity index (χ4n) is 3.33. The summed E-state index contributed by atoms with van der Waals surface area (Å²) < 4.78 is 0. The Balaban J connectivity index is 1.64. The Kier molecular flexibility index (Phi) is 6.83. The second kappa shape index (κ2) is 10.3. The topological polar surface area (TPSA) is 165 Å². The average molecular weight is 481 g/mol. The minimum Gasteiger partial charge on any atom is -0.399 e. The van der Waals surface area contributed by atoms with Crippen LogP contribution in [0.5, 0.6) is 0 Å². The summed E-state index contributed by atoms with van der Waals surface area (Å²) in [7, 11) is 0. The molecule has 0 fully saturated rings. The zero-order chi connectivity index (χ0) is 25.7. The number of anilines is 6. The highest BCUT2D eigenvalue weighted by Crippen LogP contribution is 2.19. The molecular weight excluding hydrogens is 456 g/mol. The lowest BCUT2D eigenvalue weighted by atomic mass is 10.0. The van der Waals surface area contributed by atoms with E-state index in [4.69, 9.17) is 17.2 Å². The summed E-state index contributed by atoms with van der Waals surface area (Å²) in [4.78, 5) is 39.0. The summed E-state index contributed by atoms with van der Waals surface area (Å²) in [6, 6.07) is 24.1. The lowest BCUT2D eigenvalue weighted by molar-refractivity contribution is 0.102. The Morgan fingerprint density at radius 1 is 0.417 bits per heavy atom. The van der Waals surface area contributed by atoms with Gasteiger partial charge in [-0.3, -0.25) is 14.4 Å². The normalized spacial score (nSPS) is 10.3. The van der Waals surface area contributed by atoms with Crippen molar-refractivity contribution in [1.29, 1.82) is 0 Å². The molecule has 0 heterocycles. The molecular formula is C27H24N6O3. The van der Waals surface area contributed by atoms with Crippen LogP contribution in [-0.2, 0) is 0 Å². The van der Waals surface area contributed by atoms with Crippen molar-refractivity contribution >= 4 is 51.8 Å². The van der Waals surface area contributed by atoms with Gasteiger partial charge in [0, 0.05) is 50.8 Å². The number of hydrogen-bond acceptors (Lipinski definition) is 6. The van der Waals surface area contributed by atoms with Crippen LogP contribution in [0.25, 0.3) is 0 Å². The molecule has 4 aromatic rings. The zero-order valence-electron chi connectivity index (χ0n) is 19.1. The quantitative estimate of drug-likeness (QED) is 0.226. The Morgan fingerprint density at radius 2 is 0.639 bits per heavy atom. The molecule has 3 amide bonds. The number of carbonyl (C=O) groups is 3. The van der Waals surface area contributed by atoms with Crippen LogP contribution >= 0.6 is 0 Å². The first-order valence-corrected chi connectivity index (χ1v) is 10.9. The van der Waals surface area contributed by atoms with E-state index in [2.05, 4.69) is 16.0 Å². The number of nitrogens with two attached hydrogens (primary N) is 3. The van der Waals surface area contributed by atoms with Gasteiger partial charge in [0.1, 0.15) is 0 Å². The molecule has 9 N–H and O–H groups in total. The maximum atomic E-state index is 13.0. The van der Waals surface area contributed by atoms with Crippen LogP contribution in [0.4, 0.5) is 34.1 Å². The maximum absolute atomic E-state index is 13.0. The third kappa shape index (κ3) is 5.97. The van der Waals surface area contributed by atoms with Crippen molar-refractivity contribution in [3.8, 4) is 0 Å². The number of rotatable bonds is 6. The summed E-state index contributed by atoms with van der Waals surface area (Å²) in [5.74, 6) is -1.49. The number of amides is 3. The fraction of sp³-hybridized carbons (Fsp3) is 0. The first kappa shape index (κ1) is 23.8. The SMILES string of the molecule is Nc1ccc(NC(=O)c2cc(C(=O)Nc3ccc(N)cc3)cc(C(=O)Nc3ccc(N)cc3)c2)cc1. The lowest BCUT2D eigenvalue weighted by Gasteiger charge is -2.12. The van der Waals surface area contributed by atoms with Crippen molar-refractivity contribution in [1.82, 2.24) is 0 Å². The van der Waals surface area contributed by atoms with Gasteiger partial charge in [0.25, 0.3) is 17.7 Å². The third-order valence-corrected chi connectivity index (χ3v) is 5.23. The predicted octanol–water partition coefficient (Wildman–Crippen LogP) is 4.19. The van der Waals surface area contributed by atoms with Crippen molar-refractivity contribution in [2.24, 2.45) is 0 Å². The van der Waals surface area contributed by atoms with E-state index in [1.807, 2.05) is 0 Å². The first-order valence-electron chi connectivity index (χ1n) is 10.9. The minimum absolute atomic E-state index is 0.124. The van der Waals surface area contributed by atoms with Crippen molar-refractivity contribution in [3.05, 3.63) is 108 Å². The largest absolute Gasteiger partial charge is 0.399 e. The third-order valence-electron chi connectivity index (χ3n) is 5.23. The molecule has 0 aromatic heterocycles. The summed E-state index contributed by atoms with van der Waals surface area (Å²) in [6.07, 6.45) is 0. The van der Waals surface area contributed by atoms with Gasteiger partial charge in [0.05, 0.1) is 0 Å². The number of nitrogens with one attached hydrogen (secondary N) is 3. The molecule has 0 aliphatic heterocycles. The Hall–Kier alpha value is -5.31. The molecule has 180 valence electrons. The van der Waals surface area contributed by atoms with Crippen LogP contribution < -0.4 is 33.2 Å². The van der Waals surface area contributed by atoms with Gasteiger partial charge in [-0.1, -0.05) is 0 Å². The van der Waals surface area contributed by atoms with E-state index in [-0.39, 0.29) is 16.7 Å². The second-order valence-corrected chi connectivity index (χ2v) is 8.03. The molecule has 0 atom stereocenters. The van der Waals surface area contributed by atoms with Gasteiger partial charge in [0.2, 0.25) is 0 Å². The molecule has 4 aromatic carbocycles. The minimum atomic E-state index is -0.497. The highest BCUT2D eigenvalue weighted by atomic mass is 16.2. The Morgan fingerprint density at radius 3 is 0.861 bits per heavy atom. The zero-order valence-corrected chi connectivity index (χ0v) is 19.1. The van der Waals surface area contributed by atoms with Crippen LogP contribution in [0.2, 0.25) is 0 Å². The second-order valence-electron chi connectivity index (χ2n) is 8.03. The molecule has 0 radical (unpaired) electrons. The molecule has 0 saturated heterocycles. The molecule has 4 rings (SSSR count). The van der Waals surface area contributed by atoms with E-state index in [1.54, 1.807) is 72.8 Å². The predicted molar refractivity (Wildman–Crippen MR) is 143 cm³/mol. The standard InChI is InChI=1S/C27H24N6O3/c28-19-1-7-22(8-2-19)31-25(34)16-13-17(26(35)32-23-9-3-20(29)4-10-23)15-18(14-16)27(36)33-24-11-5-21(30)6-12-24/h1-15H,28-30H2,(H,31,34)(H,32,35)(H,33,36). The monoisotopic (exact) mass is 480 g/mol. The summed E-state index contributed by atoms with van der Waals surface area (Å²) >= 11 is 0. The number of nitrogen functional groups attached to an aromatic ring is 3. The smallest absolute Gasteiger partial charge is 0.255 e. The van der Waals surface area contributed by atoms with E-state index in [0.29, 0.717) is 34.1 Å². The van der Waals surface area contributed by atoms with Crippen molar-refractivity contribution in [2.75, 3.05) is 33.2 Å². The molecule has 36 heavy (non-hydrogen) atoms. The van der Waals surface area contributed by atoms with Crippen LogP contribution in [0.15, 0.2) is 91.0 Å². The van der Waals surface area contributed by atoms with E-state index < -0.39 is 17.7 Å². The summed E-state index contributed by atoms with van der Waals surface area (Å²) in [5, 5.41) is 8.23. The molecule has 9 heteroatoms. The average Bonchev–Trinajstić information content (AvgIpc) is 2.87. The first-order chi connectivity index (χ1) is 17.3. The van der Waals surface area contributed by atoms with Gasteiger partial charge in [-0.05, 0) is 91.0 Å². The summed E-state index contributed by atoms with van der Waals surface area (Å²) in [6.45, 7) is 0. The number of benzene rings is 4. The van der Waals surface area contributed by atoms with Crippen LogP contribution in [0.3, 0.4) is 0 Å². The van der Waals surface area contributed by atoms with E-state index >= 15 is 0 Å². The van der Waals surface area contributed by atoms with Gasteiger partial charge in [0.15, 0.2) is 0 Å². The van der Waals surface area contributed by atoms with E-state index in [0.717, 1.165) is 0 Å². The van der Waals surface area contributed by atoms with Crippen molar-refractivity contribution < 1.29 is 14.4 Å². The molecule has 0 unspecified atom stereocenters. The molecule has 0 spiro atoms. The fourth-order valence-corrected chi connectivity index (χ4v) is 3.33. The van der Waals surface area contributed by atoms with Gasteiger partial charge in [-0.2, -0.15) is 0 Å². The molecule has 0 aliphatic carbocycles. The maximum Gasteiger partial charge on any atom is 0.255 e. The van der Waals surface area contributed by atoms with Gasteiger partial charge < -0.3 is 33.2 Å². The molecule has 0 aliphatic rings. The molecule has 0 bridgehead atoms. The van der Waals surface area contributed by atoms with E-state index in [1.165, 1.54) is 18.2 Å². The highest BCUT2D eigenvalue weighted by molar-refractivity contribution is 6.13. The van der Waals surface area contributed by atoms with Gasteiger partial charge >= 0.3 is 0 Å². The van der Waals surface area contributed by atoms with Crippen LogP contribution in [-0.4, -0.2) is 17.7 Å². The molecule has 0 saturated carbocycles. The van der Waals surface area contributed by atoms with Crippen molar-refractivity contribution in [2.45, 2.75) is 0 Å². The summed E-state index contributed by atoms with van der Waals surface area (Å²) in [5.41, 5.74) is 20.7. The number of carbonyl (C=O) groups excluding carboxylic acids is 3. The number of hydrogen-bond donors (Lipinski definition) is 6. The van der Waals surface area contributed by atoms with E-state index in [9.17, 15) is 14.4 Å². The van der Waals surface area contributed by atoms with Crippen LogP contribution in [0, 0.1) is 0 Å². The van der Waals surface area contributed by atoms with Crippen LogP contribution in [0.1, 0.15) is 31.1 Å².